The molecule has 2 heteroatoms. The molecule has 0 amide bonds. The molecule has 0 saturated heterocycles. The molecule has 2 rings (SSSR count). The van der Waals surface area contributed by atoms with Gasteiger partial charge in [-0.05, 0) is 24.3 Å². The van der Waals surface area contributed by atoms with E-state index in [-0.39, 0.29) is 0 Å². The molecular weight excluding hydrogens is 352 g/mol. The van der Waals surface area contributed by atoms with Gasteiger partial charge in [-0.3, -0.25) is 0 Å². The van der Waals surface area contributed by atoms with Crippen LogP contribution < -0.4 is 0 Å². The third-order valence-electron chi connectivity index (χ3n) is 6.36. The molecule has 1 aliphatic rings. The van der Waals surface area contributed by atoms with E-state index in [1.165, 1.54) is 89.0 Å². The molecule has 0 N–H and O–H groups in total. The van der Waals surface area contributed by atoms with Crippen LogP contribution in [0.5, 0.6) is 0 Å². The molecule has 2 atom stereocenters. The van der Waals surface area contributed by atoms with Crippen LogP contribution in [0.4, 0.5) is 0 Å². The number of unbranched alkanes of at least 4 members (excludes halogenated alkanes) is 10. The molecule has 2 unspecified atom stereocenters. The molecule has 0 radical (unpaired) electrons. The van der Waals surface area contributed by atoms with E-state index in [0.29, 0.717) is 11.8 Å². The zero-order valence-corrected chi connectivity index (χ0v) is 19.0. The lowest BCUT2D eigenvalue weighted by molar-refractivity contribution is 0.300. The van der Waals surface area contributed by atoms with Crippen molar-refractivity contribution in [2.45, 2.75) is 104 Å². The van der Waals surface area contributed by atoms with Crippen molar-refractivity contribution in [2.24, 2.45) is 21.8 Å². The first-order valence-electron chi connectivity index (χ1n) is 12.3. The summed E-state index contributed by atoms with van der Waals surface area (Å²) in [6.07, 6.45) is 23.7. The lowest BCUT2D eigenvalue weighted by atomic mass is 9.80. The van der Waals surface area contributed by atoms with Crippen LogP contribution >= 0.6 is 0 Å². The largest absolute Gasteiger partial charge is 0.244 e. The molecule has 0 bridgehead atoms. The van der Waals surface area contributed by atoms with Gasteiger partial charge in [-0.25, -0.2) is 0 Å². The average Bonchev–Trinajstić information content (AvgIpc) is 3.28. The number of aliphatic imine (C=N–C) groups is 2. The predicted octanol–water partition coefficient (Wildman–Crippen LogP) is 8.22. The number of rotatable bonds is 17. The third kappa shape index (κ3) is 9.65. The van der Waals surface area contributed by atoms with Crippen LogP contribution in [0.1, 0.15) is 103 Å². The molecule has 0 fully saturated rings. The Morgan fingerprint density at radius 2 is 1.28 bits per heavy atom. The van der Waals surface area contributed by atoms with Crippen LogP contribution in [0.25, 0.3) is 0 Å². The van der Waals surface area contributed by atoms with Crippen molar-refractivity contribution >= 4 is 12.4 Å². The lowest BCUT2D eigenvalue weighted by Crippen LogP contribution is -2.21. The van der Waals surface area contributed by atoms with Crippen molar-refractivity contribution in [3.8, 4) is 0 Å². The van der Waals surface area contributed by atoms with Crippen molar-refractivity contribution in [1.29, 1.82) is 0 Å². The lowest BCUT2D eigenvalue weighted by Gasteiger charge is -2.24. The van der Waals surface area contributed by atoms with Crippen molar-refractivity contribution in [2.75, 3.05) is 0 Å². The maximum atomic E-state index is 4.59. The van der Waals surface area contributed by atoms with Crippen LogP contribution in [-0.4, -0.2) is 12.4 Å². The quantitative estimate of drug-likeness (QED) is 0.187. The number of nitrogens with zero attached hydrogens (tertiary/aromatic N) is 2. The first kappa shape index (κ1) is 23.7. The topological polar surface area (TPSA) is 24.7 Å². The van der Waals surface area contributed by atoms with Crippen LogP contribution in [-0.2, 0) is 6.42 Å². The zero-order valence-electron chi connectivity index (χ0n) is 19.0. The smallest absolute Gasteiger partial charge is 0.0965 e. The van der Waals surface area contributed by atoms with Gasteiger partial charge in [-0.2, -0.15) is 0 Å². The SMILES string of the molecule is CCCCCCCCCCCCCC([C+]1N=CC=N1)C(CC)Cc1ccccc1. The summed E-state index contributed by atoms with van der Waals surface area (Å²) in [5.41, 5.74) is 1.44. The minimum atomic E-state index is 0.494. The summed E-state index contributed by atoms with van der Waals surface area (Å²) >= 11 is 0. The van der Waals surface area contributed by atoms with Gasteiger partial charge < -0.3 is 0 Å². The molecule has 0 aromatic heterocycles. The number of benzene rings is 1. The molecule has 0 saturated carbocycles. The van der Waals surface area contributed by atoms with Gasteiger partial charge in [-0.1, -0.05) is 131 Å². The summed E-state index contributed by atoms with van der Waals surface area (Å²) < 4.78 is 0. The van der Waals surface area contributed by atoms with Crippen LogP contribution in [0.3, 0.4) is 0 Å². The summed E-state index contributed by atoms with van der Waals surface area (Å²) in [6.45, 7) is 4.61. The standard InChI is InChI=1S/C27H43N2/c1-3-5-6-7-8-9-10-11-12-13-17-20-26(27-28-21-22-29-27)25(4-2)23-24-18-15-14-16-19-24/h14-16,18-19,21-22,25-26H,3-13,17,20,23H2,1-2H3/q+1. The normalized spacial score (nSPS) is 15.2. The van der Waals surface area contributed by atoms with Gasteiger partial charge in [0.1, 0.15) is 0 Å². The highest BCUT2D eigenvalue weighted by Gasteiger charge is 2.34. The minimum absolute atomic E-state index is 0.494. The monoisotopic (exact) mass is 395 g/mol. The Morgan fingerprint density at radius 3 is 1.83 bits per heavy atom. The maximum absolute atomic E-state index is 4.59. The molecule has 0 aliphatic carbocycles. The van der Waals surface area contributed by atoms with Crippen LogP contribution in [0, 0.1) is 18.0 Å². The van der Waals surface area contributed by atoms with Gasteiger partial charge in [0.15, 0.2) is 12.4 Å². The molecular formula is C27H43N2+. The van der Waals surface area contributed by atoms with Crippen molar-refractivity contribution in [3.05, 3.63) is 42.1 Å². The Hall–Kier alpha value is -1.57. The Bertz CT molecular complexity index is 551. The van der Waals surface area contributed by atoms with E-state index in [2.05, 4.69) is 54.2 Å². The fourth-order valence-corrected chi connectivity index (χ4v) is 4.54. The van der Waals surface area contributed by atoms with Crippen molar-refractivity contribution in [3.63, 3.8) is 0 Å². The second kappa shape index (κ2) is 15.3. The fourth-order valence-electron chi connectivity index (χ4n) is 4.54. The number of hydrogen-bond donors (Lipinski definition) is 0. The van der Waals surface area contributed by atoms with Gasteiger partial charge >= 0.3 is 0 Å². The molecule has 160 valence electrons. The molecule has 1 aromatic rings. The molecule has 1 aromatic carbocycles. The van der Waals surface area contributed by atoms with Gasteiger partial charge in [0.05, 0.1) is 5.92 Å². The van der Waals surface area contributed by atoms with Gasteiger partial charge in [0.25, 0.3) is 0 Å². The third-order valence-corrected chi connectivity index (χ3v) is 6.36. The molecule has 1 aliphatic heterocycles. The average molecular weight is 396 g/mol. The Balaban J connectivity index is 1.68. The van der Waals surface area contributed by atoms with Gasteiger partial charge in [0, 0.05) is 0 Å². The highest BCUT2D eigenvalue weighted by atomic mass is 15.0. The molecule has 2 nitrogen and oxygen atoms in total. The highest BCUT2D eigenvalue weighted by Crippen LogP contribution is 2.35. The summed E-state index contributed by atoms with van der Waals surface area (Å²) in [7, 11) is 0. The Kier molecular flexibility index (Phi) is 12.5. The molecule has 1 heterocycles. The Morgan fingerprint density at radius 1 is 0.724 bits per heavy atom. The van der Waals surface area contributed by atoms with Crippen LogP contribution in [0.15, 0.2) is 40.3 Å². The van der Waals surface area contributed by atoms with E-state index in [4.69, 9.17) is 0 Å². The number of hydrogen-bond acceptors (Lipinski definition) is 2. The van der Waals surface area contributed by atoms with Crippen molar-refractivity contribution < 1.29 is 0 Å². The zero-order chi connectivity index (χ0) is 20.6. The van der Waals surface area contributed by atoms with Gasteiger partial charge in [-0.15, -0.1) is 0 Å². The second-order valence-electron chi connectivity index (χ2n) is 8.70. The molecule has 29 heavy (non-hydrogen) atoms. The fraction of sp³-hybridized carbons (Fsp3) is 0.667. The first-order valence-corrected chi connectivity index (χ1v) is 12.3. The summed E-state index contributed by atoms with van der Waals surface area (Å²) in [5, 5.41) is 0. The van der Waals surface area contributed by atoms with Crippen molar-refractivity contribution in [1.82, 2.24) is 0 Å². The first-order chi connectivity index (χ1) is 14.3. The van der Waals surface area contributed by atoms with Gasteiger partial charge in [0.2, 0.25) is 6.17 Å². The van der Waals surface area contributed by atoms with E-state index in [0.717, 1.165) is 12.6 Å². The minimum Gasteiger partial charge on any atom is -0.0965 e. The maximum Gasteiger partial charge on any atom is 0.244 e. The van der Waals surface area contributed by atoms with E-state index in [1.54, 1.807) is 0 Å². The Labute approximate surface area is 180 Å². The van der Waals surface area contributed by atoms with E-state index in [9.17, 15) is 0 Å². The highest BCUT2D eigenvalue weighted by molar-refractivity contribution is 6.18. The van der Waals surface area contributed by atoms with E-state index < -0.39 is 0 Å². The summed E-state index contributed by atoms with van der Waals surface area (Å²) in [4.78, 5) is 9.17. The predicted molar refractivity (Wildman–Crippen MR) is 129 cm³/mol. The summed E-state index contributed by atoms with van der Waals surface area (Å²) in [5.74, 6) is 1.12. The second-order valence-corrected chi connectivity index (χ2v) is 8.70. The summed E-state index contributed by atoms with van der Waals surface area (Å²) in [6, 6.07) is 10.9. The van der Waals surface area contributed by atoms with E-state index >= 15 is 0 Å². The van der Waals surface area contributed by atoms with Crippen LogP contribution in [0.2, 0.25) is 0 Å². The molecule has 0 spiro atoms. The van der Waals surface area contributed by atoms with E-state index in [1.807, 2.05) is 12.4 Å².